The molecule has 6 atom stereocenters. The second-order valence-electron chi connectivity index (χ2n) is 16.8. The molecule has 17 heteroatoms. The molecule has 6 amide bonds. The number of hydrogen-bond acceptors (Lipinski definition) is 9. The minimum atomic E-state index is -1.22. The number of nitrogens with two attached hydrogens (primary N) is 5. The zero-order valence-electron chi connectivity index (χ0n) is 37.2. The molecule has 0 aliphatic rings. The number of carbonyl (C=O) groups excluding carboxylic acids is 6. The van der Waals surface area contributed by atoms with E-state index in [-0.39, 0.29) is 37.7 Å². The van der Waals surface area contributed by atoms with Gasteiger partial charge in [0.15, 0.2) is 5.96 Å². The van der Waals surface area contributed by atoms with Crippen LogP contribution >= 0.6 is 0 Å². The van der Waals surface area contributed by atoms with Crippen LogP contribution in [-0.2, 0) is 28.8 Å². The van der Waals surface area contributed by atoms with E-state index in [0.717, 1.165) is 33.4 Å². The molecule has 0 aliphatic heterocycles. The molecule has 4 aromatic carbocycles. The number of anilines is 1. The lowest BCUT2D eigenvalue weighted by Crippen LogP contribution is -2.59. The van der Waals surface area contributed by atoms with E-state index < -0.39 is 71.7 Å². The zero-order chi connectivity index (χ0) is 46.4. The fourth-order valence-corrected chi connectivity index (χ4v) is 7.80. The van der Waals surface area contributed by atoms with E-state index >= 15 is 0 Å². The van der Waals surface area contributed by atoms with Crippen molar-refractivity contribution >= 4 is 79.4 Å². The van der Waals surface area contributed by atoms with Gasteiger partial charge in [0.2, 0.25) is 35.4 Å². The van der Waals surface area contributed by atoms with Crippen molar-refractivity contribution < 1.29 is 28.8 Å². The molecule has 0 unspecified atom stereocenters. The van der Waals surface area contributed by atoms with Gasteiger partial charge >= 0.3 is 0 Å². The van der Waals surface area contributed by atoms with E-state index in [1.165, 1.54) is 11.8 Å². The van der Waals surface area contributed by atoms with Gasteiger partial charge in [-0.25, -0.2) is 0 Å². The highest BCUT2D eigenvalue weighted by atomic mass is 16.2. The molecule has 4 aromatic rings. The summed E-state index contributed by atoms with van der Waals surface area (Å²) >= 11 is 0. The summed E-state index contributed by atoms with van der Waals surface area (Å²) in [5.41, 5.74) is 28.9. The molecule has 0 saturated heterocycles. The Morgan fingerprint density at radius 3 is 1.81 bits per heavy atom. The minimum absolute atomic E-state index is 0.0631. The first-order chi connectivity index (χ1) is 30.0. The third-order valence-electron chi connectivity index (χ3n) is 11.2. The lowest BCUT2D eigenvalue weighted by Gasteiger charge is -2.33. The number of aliphatic imine (C=N–C) groups is 1. The summed E-state index contributed by atoms with van der Waals surface area (Å²) in [5, 5.41) is 16.7. The van der Waals surface area contributed by atoms with Gasteiger partial charge in [0, 0.05) is 11.9 Å². The highest BCUT2D eigenvalue weighted by Gasteiger charge is 2.36. The number of rotatable bonds is 25. The molecular formula is C46H67N11O6. The topological polar surface area (TPSA) is 296 Å². The third kappa shape index (κ3) is 13.2. The highest BCUT2D eigenvalue weighted by molar-refractivity contribution is 6.26. The molecule has 0 saturated carbocycles. The molecule has 0 heterocycles. The van der Waals surface area contributed by atoms with Crippen LogP contribution < -0.4 is 54.8 Å². The molecule has 0 spiro atoms. The van der Waals surface area contributed by atoms with Gasteiger partial charge in [0.05, 0.1) is 11.7 Å². The number of benzene rings is 4. The molecule has 0 aliphatic carbocycles. The Labute approximate surface area is 369 Å². The van der Waals surface area contributed by atoms with Crippen molar-refractivity contribution in [3.05, 3.63) is 54.6 Å². The van der Waals surface area contributed by atoms with E-state index in [4.69, 9.17) is 28.7 Å². The van der Waals surface area contributed by atoms with Crippen molar-refractivity contribution in [2.75, 3.05) is 18.0 Å². The summed E-state index contributed by atoms with van der Waals surface area (Å²) in [7, 11) is 0. The van der Waals surface area contributed by atoms with Crippen molar-refractivity contribution in [3.63, 3.8) is 0 Å². The molecule has 342 valence electrons. The molecule has 0 radical (unpaired) electrons. The maximum atomic E-state index is 14.8. The second kappa shape index (κ2) is 23.4. The maximum Gasteiger partial charge on any atom is 0.250 e. The van der Waals surface area contributed by atoms with E-state index in [1.54, 1.807) is 13.0 Å². The quantitative estimate of drug-likeness (QED) is 0.0203. The Balaban J connectivity index is 1.70. The smallest absolute Gasteiger partial charge is 0.250 e. The Morgan fingerprint density at radius 1 is 0.651 bits per heavy atom. The molecular weight excluding hydrogens is 803 g/mol. The fourth-order valence-electron chi connectivity index (χ4n) is 7.80. The number of guanidine groups is 1. The summed E-state index contributed by atoms with van der Waals surface area (Å²) in [6, 6.07) is 11.2. The van der Waals surface area contributed by atoms with Crippen LogP contribution in [0.5, 0.6) is 0 Å². The molecule has 17 nitrogen and oxygen atoms in total. The van der Waals surface area contributed by atoms with Gasteiger partial charge < -0.3 is 49.9 Å². The Hall–Kier alpha value is -6.07. The molecule has 0 fully saturated rings. The van der Waals surface area contributed by atoms with Crippen molar-refractivity contribution in [2.24, 2.45) is 39.6 Å². The SMILES string of the molecule is CCCC[C@H](NC(=O)[C@H](CCCCN)NC(=O)[C@H](C)N(C(=O)[C@H](C)NC(=O)[C@@H](N)CCCN=C(N)N)c1ccc2ccc3cccc4ccc1c2c34)C(=O)N[C@@H](CC(C)C)C(N)=O. The molecule has 4 rings (SSSR count). The van der Waals surface area contributed by atoms with Crippen LogP contribution in [0.3, 0.4) is 0 Å². The Kier molecular flexibility index (Phi) is 18.4. The summed E-state index contributed by atoms with van der Waals surface area (Å²) in [6.07, 6.45) is 3.82. The van der Waals surface area contributed by atoms with Gasteiger partial charge in [0.25, 0.3) is 0 Å². The van der Waals surface area contributed by atoms with Crippen LogP contribution in [0.4, 0.5) is 5.69 Å². The van der Waals surface area contributed by atoms with E-state index in [1.807, 2.05) is 69.3 Å². The van der Waals surface area contributed by atoms with Crippen LogP contribution in [0.15, 0.2) is 59.6 Å². The van der Waals surface area contributed by atoms with Crippen LogP contribution in [0.2, 0.25) is 0 Å². The van der Waals surface area contributed by atoms with Gasteiger partial charge in [0.1, 0.15) is 30.2 Å². The summed E-state index contributed by atoms with van der Waals surface area (Å²) in [4.78, 5) is 87.9. The highest BCUT2D eigenvalue weighted by Crippen LogP contribution is 2.39. The number of carbonyl (C=O) groups is 6. The number of hydrogen-bond donors (Lipinski definition) is 9. The predicted octanol–water partition coefficient (Wildman–Crippen LogP) is 2.50. The summed E-state index contributed by atoms with van der Waals surface area (Å²) < 4.78 is 0. The normalized spacial score (nSPS) is 14.3. The van der Waals surface area contributed by atoms with Crippen molar-refractivity contribution in [2.45, 2.75) is 129 Å². The van der Waals surface area contributed by atoms with E-state index in [9.17, 15) is 28.8 Å². The number of amides is 6. The van der Waals surface area contributed by atoms with Crippen LogP contribution in [-0.4, -0.2) is 90.7 Å². The number of nitrogens with zero attached hydrogens (tertiary/aromatic N) is 2. The Bertz CT molecular complexity index is 2230. The number of unbranched alkanes of at least 4 members (excludes halogenated alkanes) is 2. The molecule has 0 aromatic heterocycles. The van der Waals surface area contributed by atoms with Gasteiger partial charge in [-0.2, -0.15) is 0 Å². The van der Waals surface area contributed by atoms with E-state index in [2.05, 4.69) is 26.3 Å². The predicted molar refractivity (Wildman–Crippen MR) is 249 cm³/mol. The zero-order valence-corrected chi connectivity index (χ0v) is 37.2. The standard InChI is InChI=1S/C46H67N11O6/c1-6-7-15-34(44(62)56-36(40(49)58)25-26(2)3)55-43(61)35(16-8-9-23-47)54-41(59)28(5)57(45(63)27(4)53-42(60)33(48)14-11-24-52-46(50)51)37-22-20-31-18-17-29-12-10-13-30-19-21-32(37)39(31)38(29)30/h10,12-13,17-22,26-28,33-36H,6-9,11,14-16,23-25,47-48H2,1-5H3,(H2,49,58)(H,53,60)(H,54,59)(H,55,61)(H,56,62)(H4,50,51,52)/t27-,28-,33-,34-,35-,36-/m0/s1. The van der Waals surface area contributed by atoms with Gasteiger partial charge in [-0.3, -0.25) is 38.7 Å². The van der Waals surface area contributed by atoms with Gasteiger partial charge in [-0.05, 0) is 104 Å². The van der Waals surface area contributed by atoms with Crippen molar-refractivity contribution in [3.8, 4) is 0 Å². The Morgan fingerprint density at radius 2 is 1.22 bits per heavy atom. The lowest BCUT2D eigenvalue weighted by molar-refractivity contribution is -0.134. The largest absolute Gasteiger partial charge is 0.370 e. The van der Waals surface area contributed by atoms with Crippen LogP contribution in [0.25, 0.3) is 32.3 Å². The first-order valence-electron chi connectivity index (χ1n) is 22.0. The minimum Gasteiger partial charge on any atom is -0.370 e. The third-order valence-corrected chi connectivity index (χ3v) is 11.2. The number of primary amides is 1. The average molecular weight is 870 g/mol. The maximum absolute atomic E-state index is 14.8. The van der Waals surface area contributed by atoms with E-state index in [0.29, 0.717) is 49.7 Å². The molecule has 0 bridgehead atoms. The fraction of sp³-hybridized carbons (Fsp3) is 0.500. The average Bonchev–Trinajstić information content (AvgIpc) is 3.24. The second-order valence-corrected chi connectivity index (χ2v) is 16.8. The monoisotopic (exact) mass is 870 g/mol. The van der Waals surface area contributed by atoms with Crippen LogP contribution in [0.1, 0.15) is 92.4 Å². The summed E-state index contributed by atoms with van der Waals surface area (Å²) in [6.45, 7) is 9.46. The first kappa shape index (κ1) is 49.6. The van der Waals surface area contributed by atoms with Gasteiger partial charge in [-0.15, -0.1) is 0 Å². The van der Waals surface area contributed by atoms with Crippen molar-refractivity contribution in [1.29, 1.82) is 0 Å². The van der Waals surface area contributed by atoms with Gasteiger partial charge in [-0.1, -0.05) is 82.1 Å². The molecule has 63 heavy (non-hydrogen) atoms. The lowest BCUT2D eigenvalue weighted by atomic mass is 9.93. The first-order valence-corrected chi connectivity index (χ1v) is 22.0. The molecule has 14 N–H and O–H groups in total. The number of nitrogens with one attached hydrogen (secondary N) is 4. The summed E-state index contributed by atoms with van der Waals surface area (Å²) in [5.74, 6) is -3.69. The van der Waals surface area contributed by atoms with Crippen LogP contribution in [0, 0.1) is 5.92 Å². The van der Waals surface area contributed by atoms with Crippen molar-refractivity contribution in [1.82, 2.24) is 21.3 Å².